The van der Waals surface area contributed by atoms with E-state index in [1.54, 1.807) is 0 Å². The van der Waals surface area contributed by atoms with E-state index in [0.29, 0.717) is 12.0 Å². The van der Waals surface area contributed by atoms with Gasteiger partial charge in [-0.3, -0.25) is 4.79 Å². The lowest BCUT2D eigenvalue weighted by atomic mass is 10.2. The average molecular weight is 242 g/mol. The van der Waals surface area contributed by atoms with Crippen LogP contribution in [0, 0.1) is 17.1 Å². The van der Waals surface area contributed by atoms with E-state index in [9.17, 15) is 9.18 Å². The number of nitriles is 1. The van der Waals surface area contributed by atoms with Crippen molar-refractivity contribution in [1.82, 2.24) is 4.98 Å². The maximum Gasteiger partial charge on any atom is 0.166 e. The molecular weight excluding hydrogens is 235 g/mol. The van der Waals surface area contributed by atoms with Crippen LogP contribution in [0.4, 0.5) is 4.39 Å². The highest BCUT2D eigenvalue weighted by Gasteiger charge is 2.06. The average Bonchev–Trinajstić information content (AvgIpc) is 2.41. The molecule has 88 valence electrons. The molecule has 0 amide bonds. The summed E-state index contributed by atoms with van der Waals surface area (Å²) in [5.74, 6) is -0.357. The molecule has 0 N–H and O–H groups in total. The van der Waals surface area contributed by atoms with Crippen LogP contribution in [-0.4, -0.2) is 11.3 Å². The number of carbonyl (C=O) groups is 1. The number of halogens is 1. The summed E-state index contributed by atoms with van der Waals surface area (Å²) >= 11 is 0. The van der Waals surface area contributed by atoms with Crippen molar-refractivity contribution in [3.05, 3.63) is 53.6 Å². The summed E-state index contributed by atoms with van der Waals surface area (Å²) in [6.45, 7) is 0. The molecule has 0 radical (unpaired) electrons. The molecule has 0 aliphatic rings. The number of ether oxygens (including phenoxy) is 1. The fourth-order valence-electron chi connectivity index (χ4n) is 1.34. The Bertz CT molecular complexity index is 635. The van der Waals surface area contributed by atoms with Gasteiger partial charge in [0, 0.05) is 17.8 Å². The molecule has 5 heteroatoms. The molecule has 0 saturated heterocycles. The standard InChI is InChI=1S/C13H7FN2O2/c14-12-5-9(8-17)1-2-13(12)18-11-3-4-16-10(6-11)7-15/h1-6,8H. The zero-order valence-electron chi connectivity index (χ0n) is 9.13. The van der Waals surface area contributed by atoms with Crippen LogP contribution in [0.1, 0.15) is 16.1 Å². The van der Waals surface area contributed by atoms with Gasteiger partial charge < -0.3 is 4.74 Å². The number of benzene rings is 1. The molecule has 0 saturated carbocycles. The van der Waals surface area contributed by atoms with Gasteiger partial charge >= 0.3 is 0 Å². The summed E-state index contributed by atoms with van der Waals surface area (Å²) in [6.07, 6.45) is 1.94. The lowest BCUT2D eigenvalue weighted by Crippen LogP contribution is -1.91. The van der Waals surface area contributed by atoms with E-state index in [2.05, 4.69) is 4.98 Å². The molecule has 2 rings (SSSR count). The minimum absolute atomic E-state index is 0.0179. The van der Waals surface area contributed by atoms with Gasteiger partial charge in [-0.15, -0.1) is 0 Å². The van der Waals surface area contributed by atoms with Crippen LogP contribution in [0.25, 0.3) is 0 Å². The summed E-state index contributed by atoms with van der Waals surface area (Å²) in [5.41, 5.74) is 0.407. The van der Waals surface area contributed by atoms with Crippen molar-refractivity contribution in [3.8, 4) is 17.6 Å². The molecule has 0 aliphatic heterocycles. The van der Waals surface area contributed by atoms with Crippen molar-refractivity contribution in [2.45, 2.75) is 0 Å². The molecular formula is C13H7FN2O2. The SMILES string of the molecule is N#Cc1cc(Oc2ccc(C=O)cc2F)ccn1. The number of hydrogen-bond donors (Lipinski definition) is 0. The molecule has 0 fully saturated rings. The van der Waals surface area contributed by atoms with Crippen molar-refractivity contribution in [2.75, 3.05) is 0 Å². The molecule has 4 nitrogen and oxygen atoms in total. The normalized spacial score (nSPS) is 9.56. The molecule has 2 aromatic rings. The number of carbonyl (C=O) groups excluding carboxylic acids is 1. The molecule has 1 aromatic heterocycles. The third-order valence-corrected chi connectivity index (χ3v) is 2.17. The smallest absolute Gasteiger partial charge is 0.166 e. The molecule has 0 unspecified atom stereocenters. The first kappa shape index (κ1) is 11.7. The highest BCUT2D eigenvalue weighted by Crippen LogP contribution is 2.24. The summed E-state index contributed by atoms with van der Waals surface area (Å²) in [7, 11) is 0. The summed E-state index contributed by atoms with van der Waals surface area (Å²) < 4.78 is 18.8. The Balaban J connectivity index is 2.28. The zero-order chi connectivity index (χ0) is 13.0. The van der Waals surface area contributed by atoms with E-state index in [4.69, 9.17) is 10.00 Å². The lowest BCUT2D eigenvalue weighted by molar-refractivity contribution is 0.112. The number of aldehydes is 1. The summed E-state index contributed by atoms with van der Waals surface area (Å²) in [5, 5.41) is 8.67. The van der Waals surface area contributed by atoms with E-state index in [-0.39, 0.29) is 17.0 Å². The monoisotopic (exact) mass is 242 g/mol. The van der Waals surface area contributed by atoms with Crippen molar-refractivity contribution in [1.29, 1.82) is 5.26 Å². The van der Waals surface area contributed by atoms with E-state index in [1.807, 2.05) is 6.07 Å². The minimum Gasteiger partial charge on any atom is -0.454 e. The summed E-state index contributed by atoms with van der Waals surface area (Å²) in [6, 6.07) is 8.63. The highest BCUT2D eigenvalue weighted by molar-refractivity contribution is 5.75. The number of pyridine rings is 1. The predicted molar refractivity (Wildman–Crippen MR) is 60.8 cm³/mol. The second kappa shape index (κ2) is 5.06. The van der Waals surface area contributed by atoms with Crippen molar-refractivity contribution >= 4 is 6.29 Å². The maximum atomic E-state index is 13.5. The molecule has 1 heterocycles. The van der Waals surface area contributed by atoms with E-state index in [1.165, 1.54) is 30.5 Å². The number of hydrogen-bond acceptors (Lipinski definition) is 4. The second-order valence-corrected chi connectivity index (χ2v) is 3.40. The molecule has 18 heavy (non-hydrogen) atoms. The molecule has 1 aromatic carbocycles. The van der Waals surface area contributed by atoms with Gasteiger partial charge in [0.05, 0.1) is 0 Å². The van der Waals surface area contributed by atoms with Gasteiger partial charge in [0.2, 0.25) is 0 Å². The van der Waals surface area contributed by atoms with Crippen molar-refractivity contribution in [3.63, 3.8) is 0 Å². The van der Waals surface area contributed by atoms with Crippen LogP contribution in [-0.2, 0) is 0 Å². The zero-order valence-corrected chi connectivity index (χ0v) is 9.13. The lowest BCUT2D eigenvalue weighted by Gasteiger charge is -2.06. The number of nitrogens with zero attached hydrogens (tertiary/aromatic N) is 2. The quantitative estimate of drug-likeness (QED) is 0.776. The van der Waals surface area contributed by atoms with Crippen LogP contribution < -0.4 is 4.74 Å². The Kier molecular flexibility index (Phi) is 3.30. The third-order valence-electron chi connectivity index (χ3n) is 2.17. The number of rotatable bonds is 3. The Hall–Kier alpha value is -2.74. The molecule has 0 aliphatic carbocycles. The third kappa shape index (κ3) is 2.50. The van der Waals surface area contributed by atoms with Crippen molar-refractivity contribution in [2.24, 2.45) is 0 Å². The first-order valence-electron chi connectivity index (χ1n) is 5.01. The highest BCUT2D eigenvalue weighted by atomic mass is 19.1. The fourth-order valence-corrected chi connectivity index (χ4v) is 1.34. The molecule has 0 bridgehead atoms. The van der Waals surface area contributed by atoms with Gasteiger partial charge in [0.15, 0.2) is 11.6 Å². The first-order chi connectivity index (χ1) is 8.72. The Labute approximate surface area is 102 Å². The van der Waals surface area contributed by atoms with Gasteiger partial charge in [0.25, 0.3) is 0 Å². The summed E-state index contributed by atoms with van der Waals surface area (Å²) in [4.78, 5) is 14.2. The topological polar surface area (TPSA) is 63.0 Å². The first-order valence-corrected chi connectivity index (χ1v) is 5.01. The van der Waals surface area contributed by atoms with Crippen LogP contribution in [0.3, 0.4) is 0 Å². The van der Waals surface area contributed by atoms with Gasteiger partial charge in [-0.2, -0.15) is 5.26 Å². The van der Waals surface area contributed by atoms with Gasteiger partial charge in [-0.05, 0) is 24.3 Å². The predicted octanol–water partition coefficient (Wildman–Crippen LogP) is 2.70. The Morgan fingerprint density at radius 1 is 1.33 bits per heavy atom. The van der Waals surface area contributed by atoms with Gasteiger partial charge in [-0.1, -0.05) is 0 Å². The van der Waals surface area contributed by atoms with E-state index < -0.39 is 5.82 Å². The van der Waals surface area contributed by atoms with Crippen molar-refractivity contribution < 1.29 is 13.9 Å². The van der Waals surface area contributed by atoms with Crippen LogP contribution in [0.2, 0.25) is 0 Å². The molecule has 0 spiro atoms. The van der Waals surface area contributed by atoms with Gasteiger partial charge in [0.1, 0.15) is 23.8 Å². The maximum absolute atomic E-state index is 13.5. The number of aromatic nitrogens is 1. The minimum atomic E-state index is -0.644. The van der Waals surface area contributed by atoms with E-state index in [0.717, 1.165) is 6.07 Å². The van der Waals surface area contributed by atoms with E-state index >= 15 is 0 Å². The van der Waals surface area contributed by atoms with Crippen LogP contribution in [0.15, 0.2) is 36.5 Å². The second-order valence-electron chi connectivity index (χ2n) is 3.40. The van der Waals surface area contributed by atoms with Crippen LogP contribution in [0.5, 0.6) is 11.5 Å². The largest absolute Gasteiger partial charge is 0.454 e. The van der Waals surface area contributed by atoms with Gasteiger partial charge in [-0.25, -0.2) is 9.37 Å². The fraction of sp³-hybridized carbons (Fsp3) is 0. The Morgan fingerprint density at radius 3 is 2.83 bits per heavy atom. The molecule has 0 atom stereocenters. The van der Waals surface area contributed by atoms with Crippen LogP contribution >= 0.6 is 0 Å². The Morgan fingerprint density at radius 2 is 2.17 bits per heavy atom.